The van der Waals surface area contributed by atoms with Crippen LogP contribution in [0.3, 0.4) is 0 Å². The topological polar surface area (TPSA) is 91.2 Å². The highest BCUT2D eigenvalue weighted by Crippen LogP contribution is 2.16. The Balaban J connectivity index is 1.62. The molecular weight excluding hydrogens is 296 g/mol. The molecular formula is C16H16N4O3. The van der Waals surface area contributed by atoms with Crippen LogP contribution in [0.15, 0.2) is 47.1 Å². The van der Waals surface area contributed by atoms with Gasteiger partial charge in [-0.05, 0) is 18.2 Å². The third-order valence-corrected chi connectivity index (χ3v) is 3.44. The lowest BCUT2D eigenvalue weighted by molar-refractivity contribution is -0.121. The number of para-hydroxylation sites is 1. The van der Waals surface area contributed by atoms with E-state index in [4.69, 9.17) is 4.42 Å². The van der Waals surface area contributed by atoms with E-state index in [2.05, 4.69) is 15.5 Å². The normalized spacial score (nSPS) is 10.7. The number of furan rings is 1. The van der Waals surface area contributed by atoms with Gasteiger partial charge >= 0.3 is 0 Å². The molecule has 0 spiro atoms. The number of H-pyrrole nitrogens is 1. The van der Waals surface area contributed by atoms with Gasteiger partial charge in [-0.1, -0.05) is 18.2 Å². The van der Waals surface area contributed by atoms with E-state index in [1.807, 2.05) is 24.3 Å². The number of hydrogen-bond acceptors (Lipinski definition) is 4. The average Bonchev–Trinajstić information content (AvgIpc) is 3.21. The summed E-state index contributed by atoms with van der Waals surface area (Å²) in [5.41, 5.74) is 1.09. The second-order valence-corrected chi connectivity index (χ2v) is 5.14. The Bertz CT molecular complexity index is 823. The van der Waals surface area contributed by atoms with E-state index in [1.54, 1.807) is 25.4 Å². The Labute approximate surface area is 132 Å². The molecule has 2 heterocycles. The summed E-state index contributed by atoms with van der Waals surface area (Å²) in [4.78, 5) is 25.7. The minimum absolute atomic E-state index is 0.0548. The van der Waals surface area contributed by atoms with Crippen LogP contribution in [0.25, 0.3) is 10.9 Å². The lowest BCUT2D eigenvalue weighted by Gasteiger charge is -2.15. The fourth-order valence-electron chi connectivity index (χ4n) is 2.25. The van der Waals surface area contributed by atoms with Crippen molar-refractivity contribution in [2.24, 2.45) is 0 Å². The summed E-state index contributed by atoms with van der Waals surface area (Å²) in [5, 5.41) is 10.3. The molecule has 2 aromatic heterocycles. The summed E-state index contributed by atoms with van der Waals surface area (Å²) in [5.74, 6) is 0.0818. The number of benzene rings is 1. The minimum atomic E-state index is -0.310. The molecule has 0 aliphatic heterocycles. The van der Waals surface area contributed by atoms with Crippen molar-refractivity contribution in [2.45, 2.75) is 6.54 Å². The van der Waals surface area contributed by atoms with Crippen LogP contribution in [0.4, 0.5) is 0 Å². The maximum atomic E-state index is 12.4. The molecule has 3 aromatic rings. The molecule has 0 saturated carbocycles. The van der Waals surface area contributed by atoms with Gasteiger partial charge in [0.1, 0.15) is 5.76 Å². The summed E-state index contributed by atoms with van der Waals surface area (Å²) in [6, 6.07) is 10.9. The standard InChI is InChI=1S/C16H16N4O3/c1-20(10-14(21)17-9-11-5-4-8-23-11)16(22)15-12-6-2-3-7-13(12)18-19-15/h2-8H,9-10H2,1H3,(H,17,21)(H,18,19). The third kappa shape index (κ3) is 3.23. The van der Waals surface area contributed by atoms with Crippen molar-refractivity contribution in [1.82, 2.24) is 20.4 Å². The van der Waals surface area contributed by atoms with Gasteiger partial charge in [-0.15, -0.1) is 0 Å². The minimum Gasteiger partial charge on any atom is -0.467 e. The SMILES string of the molecule is CN(CC(=O)NCc1ccco1)C(=O)c1n[nH]c2ccccc12. The van der Waals surface area contributed by atoms with Crippen molar-refractivity contribution in [3.8, 4) is 0 Å². The van der Waals surface area contributed by atoms with Crippen LogP contribution >= 0.6 is 0 Å². The van der Waals surface area contributed by atoms with Crippen molar-refractivity contribution in [2.75, 3.05) is 13.6 Å². The molecule has 0 fully saturated rings. The first-order chi connectivity index (χ1) is 11.1. The van der Waals surface area contributed by atoms with Crippen molar-refractivity contribution >= 4 is 22.7 Å². The fourth-order valence-corrected chi connectivity index (χ4v) is 2.25. The fraction of sp³-hybridized carbons (Fsp3) is 0.188. The van der Waals surface area contributed by atoms with E-state index >= 15 is 0 Å². The van der Waals surface area contributed by atoms with Gasteiger partial charge in [0.05, 0.1) is 24.9 Å². The van der Waals surface area contributed by atoms with Gasteiger partial charge in [0.25, 0.3) is 5.91 Å². The Morgan fingerprint density at radius 1 is 1.26 bits per heavy atom. The number of aromatic amines is 1. The van der Waals surface area contributed by atoms with Gasteiger partial charge in [-0.2, -0.15) is 5.10 Å². The van der Waals surface area contributed by atoms with Crippen LogP contribution in [0.5, 0.6) is 0 Å². The molecule has 118 valence electrons. The van der Waals surface area contributed by atoms with E-state index in [0.29, 0.717) is 18.0 Å². The number of fused-ring (bicyclic) bond motifs is 1. The molecule has 7 heteroatoms. The molecule has 0 unspecified atom stereocenters. The smallest absolute Gasteiger partial charge is 0.275 e. The molecule has 0 bridgehead atoms. The first-order valence-corrected chi connectivity index (χ1v) is 7.13. The molecule has 7 nitrogen and oxygen atoms in total. The van der Waals surface area contributed by atoms with Crippen LogP contribution in [0, 0.1) is 0 Å². The van der Waals surface area contributed by atoms with Crippen molar-refractivity contribution < 1.29 is 14.0 Å². The van der Waals surface area contributed by atoms with E-state index in [1.165, 1.54) is 4.90 Å². The maximum Gasteiger partial charge on any atom is 0.275 e. The van der Waals surface area contributed by atoms with Gasteiger partial charge < -0.3 is 14.6 Å². The van der Waals surface area contributed by atoms with Crippen LogP contribution in [-0.2, 0) is 11.3 Å². The molecule has 2 N–H and O–H groups in total. The number of rotatable bonds is 5. The van der Waals surface area contributed by atoms with Crippen LogP contribution < -0.4 is 5.32 Å². The van der Waals surface area contributed by atoms with Crippen LogP contribution in [0.2, 0.25) is 0 Å². The zero-order valence-corrected chi connectivity index (χ0v) is 12.6. The Hall–Kier alpha value is -3.09. The number of nitrogens with one attached hydrogen (secondary N) is 2. The molecule has 23 heavy (non-hydrogen) atoms. The highest BCUT2D eigenvalue weighted by atomic mass is 16.3. The highest BCUT2D eigenvalue weighted by Gasteiger charge is 2.19. The number of likely N-dealkylation sites (N-methyl/N-ethyl adjacent to an activating group) is 1. The summed E-state index contributed by atoms with van der Waals surface area (Å²) in [6.07, 6.45) is 1.54. The first kappa shape index (κ1) is 14.8. The van der Waals surface area contributed by atoms with Crippen molar-refractivity contribution in [3.05, 3.63) is 54.1 Å². The number of nitrogens with zero attached hydrogens (tertiary/aromatic N) is 2. The number of carbonyl (C=O) groups is 2. The molecule has 2 amide bonds. The van der Waals surface area contributed by atoms with E-state index in [-0.39, 0.29) is 18.4 Å². The van der Waals surface area contributed by atoms with Gasteiger partial charge in [-0.3, -0.25) is 14.7 Å². The lowest BCUT2D eigenvalue weighted by atomic mass is 10.2. The van der Waals surface area contributed by atoms with Gasteiger partial charge in [0.2, 0.25) is 5.91 Å². The van der Waals surface area contributed by atoms with E-state index in [9.17, 15) is 9.59 Å². The summed E-state index contributed by atoms with van der Waals surface area (Å²) < 4.78 is 5.13. The molecule has 3 rings (SSSR count). The van der Waals surface area contributed by atoms with Gasteiger partial charge in [-0.25, -0.2) is 0 Å². The largest absolute Gasteiger partial charge is 0.467 e. The monoisotopic (exact) mass is 312 g/mol. The lowest BCUT2D eigenvalue weighted by Crippen LogP contribution is -2.38. The van der Waals surface area contributed by atoms with Crippen molar-refractivity contribution in [3.63, 3.8) is 0 Å². The molecule has 0 aliphatic rings. The number of carbonyl (C=O) groups excluding carboxylic acids is 2. The summed E-state index contributed by atoms with van der Waals surface area (Å²) in [6.45, 7) is 0.236. The third-order valence-electron chi connectivity index (χ3n) is 3.44. The van der Waals surface area contributed by atoms with E-state index in [0.717, 1.165) is 10.9 Å². The van der Waals surface area contributed by atoms with Gasteiger partial charge in [0.15, 0.2) is 5.69 Å². The second kappa shape index (κ2) is 6.35. The number of aromatic nitrogens is 2. The maximum absolute atomic E-state index is 12.4. The highest BCUT2D eigenvalue weighted by molar-refractivity contribution is 6.05. The van der Waals surface area contributed by atoms with Crippen LogP contribution in [0.1, 0.15) is 16.2 Å². The van der Waals surface area contributed by atoms with Gasteiger partial charge in [0, 0.05) is 12.4 Å². The second-order valence-electron chi connectivity index (χ2n) is 5.14. The van der Waals surface area contributed by atoms with Crippen LogP contribution in [-0.4, -0.2) is 40.5 Å². The zero-order chi connectivity index (χ0) is 16.2. The quantitative estimate of drug-likeness (QED) is 0.747. The summed E-state index contributed by atoms with van der Waals surface area (Å²) in [7, 11) is 1.57. The molecule has 0 radical (unpaired) electrons. The number of amides is 2. The van der Waals surface area contributed by atoms with Crippen molar-refractivity contribution in [1.29, 1.82) is 0 Å². The Morgan fingerprint density at radius 2 is 2.09 bits per heavy atom. The molecule has 0 saturated heterocycles. The predicted octanol–water partition coefficient (Wildman–Crippen LogP) is 1.54. The zero-order valence-electron chi connectivity index (χ0n) is 12.6. The summed E-state index contributed by atoms with van der Waals surface area (Å²) >= 11 is 0. The van der Waals surface area contributed by atoms with E-state index < -0.39 is 0 Å². The molecule has 0 atom stereocenters. The Kier molecular flexibility index (Phi) is 4.09. The predicted molar refractivity (Wildman–Crippen MR) is 83.6 cm³/mol. The average molecular weight is 312 g/mol. The molecule has 0 aliphatic carbocycles. The number of hydrogen-bond donors (Lipinski definition) is 2. The first-order valence-electron chi connectivity index (χ1n) is 7.13. The Morgan fingerprint density at radius 3 is 2.87 bits per heavy atom. The molecule has 1 aromatic carbocycles.